The molecule has 0 aliphatic rings. The maximum Gasteiger partial charge on any atom is 0.203 e. The Hall–Kier alpha value is -3.25. The van der Waals surface area contributed by atoms with Gasteiger partial charge in [-0.15, -0.1) is 12.4 Å². The Morgan fingerprint density at radius 1 is 0.793 bits per heavy atom. The van der Waals surface area contributed by atoms with E-state index in [1.54, 1.807) is 21.3 Å². The first-order chi connectivity index (χ1) is 13.6. The highest BCUT2D eigenvalue weighted by molar-refractivity contribution is 5.86. The molecule has 0 radical (unpaired) electrons. The molecule has 4 aromatic rings. The summed E-state index contributed by atoms with van der Waals surface area (Å²) in [5.41, 5.74) is 4.93. The maximum atomic E-state index is 5.48. The van der Waals surface area contributed by atoms with Crippen LogP contribution in [0.3, 0.4) is 0 Å². The molecule has 0 spiro atoms. The first kappa shape index (κ1) is 20.5. The smallest absolute Gasteiger partial charge is 0.203 e. The molecule has 2 heterocycles. The van der Waals surface area contributed by atoms with Crippen LogP contribution in [0.1, 0.15) is 5.69 Å². The van der Waals surface area contributed by atoms with E-state index in [1.165, 1.54) is 0 Å². The van der Waals surface area contributed by atoms with Gasteiger partial charge in [-0.05, 0) is 24.6 Å². The normalized spacial score (nSPS) is 10.5. The van der Waals surface area contributed by atoms with E-state index in [2.05, 4.69) is 34.3 Å². The van der Waals surface area contributed by atoms with Crippen molar-refractivity contribution in [1.82, 2.24) is 14.8 Å². The summed E-state index contributed by atoms with van der Waals surface area (Å²) in [6.07, 6.45) is 3.73. The summed E-state index contributed by atoms with van der Waals surface area (Å²) in [5.74, 6) is 1.72. The Balaban J connectivity index is 0.00000240. The number of methoxy groups -OCH3 is 3. The Labute approximate surface area is 175 Å². The van der Waals surface area contributed by atoms with Crippen LogP contribution in [0.15, 0.2) is 54.9 Å². The SMILES string of the molecule is COc1cc(-n2ncc3ccc(-c4ccc(C)nc4)cc32)cc(OC)c1OC.Cl. The van der Waals surface area contributed by atoms with E-state index in [9.17, 15) is 0 Å². The van der Waals surface area contributed by atoms with Crippen LogP contribution in [0.5, 0.6) is 17.2 Å². The summed E-state index contributed by atoms with van der Waals surface area (Å²) in [6, 6.07) is 14.1. The minimum atomic E-state index is 0. The van der Waals surface area contributed by atoms with Crippen LogP contribution >= 0.6 is 12.4 Å². The summed E-state index contributed by atoms with van der Waals surface area (Å²) in [5, 5.41) is 5.61. The van der Waals surface area contributed by atoms with Crippen molar-refractivity contribution in [2.75, 3.05) is 21.3 Å². The van der Waals surface area contributed by atoms with Crippen molar-refractivity contribution in [2.24, 2.45) is 0 Å². The van der Waals surface area contributed by atoms with E-state index in [0.717, 1.165) is 33.4 Å². The maximum absolute atomic E-state index is 5.48. The van der Waals surface area contributed by atoms with Gasteiger partial charge in [0.2, 0.25) is 5.75 Å². The number of ether oxygens (including phenoxy) is 3. The van der Waals surface area contributed by atoms with Gasteiger partial charge in [0, 0.05) is 35.0 Å². The molecule has 0 aliphatic carbocycles. The highest BCUT2D eigenvalue weighted by atomic mass is 35.5. The predicted octanol–water partition coefficient (Wildman–Crippen LogP) is 4.84. The van der Waals surface area contributed by atoms with Crippen molar-refractivity contribution in [1.29, 1.82) is 0 Å². The number of rotatable bonds is 5. The number of benzene rings is 2. The van der Waals surface area contributed by atoms with Crippen LogP contribution in [0.4, 0.5) is 0 Å². The number of pyridine rings is 1. The second-order valence-electron chi connectivity index (χ2n) is 6.40. The van der Waals surface area contributed by atoms with Gasteiger partial charge in [-0.3, -0.25) is 4.98 Å². The lowest BCUT2D eigenvalue weighted by Crippen LogP contribution is -2.01. The predicted molar refractivity (Wildman–Crippen MR) is 116 cm³/mol. The summed E-state index contributed by atoms with van der Waals surface area (Å²) >= 11 is 0. The highest BCUT2D eigenvalue weighted by Gasteiger charge is 2.16. The Kier molecular flexibility index (Phi) is 5.94. The molecule has 6 nitrogen and oxygen atoms in total. The monoisotopic (exact) mass is 411 g/mol. The quantitative estimate of drug-likeness (QED) is 0.470. The van der Waals surface area contributed by atoms with Crippen molar-refractivity contribution in [3.8, 4) is 34.1 Å². The molecule has 0 amide bonds. The molecular weight excluding hydrogens is 390 g/mol. The molecule has 2 aromatic heterocycles. The first-order valence-corrected chi connectivity index (χ1v) is 8.86. The van der Waals surface area contributed by atoms with Crippen LogP contribution in [0.25, 0.3) is 27.7 Å². The lowest BCUT2D eigenvalue weighted by atomic mass is 10.1. The van der Waals surface area contributed by atoms with Crippen LogP contribution in [-0.2, 0) is 0 Å². The van der Waals surface area contributed by atoms with Gasteiger partial charge in [0.05, 0.1) is 38.7 Å². The van der Waals surface area contributed by atoms with Gasteiger partial charge in [0.15, 0.2) is 11.5 Å². The fraction of sp³-hybridized carbons (Fsp3) is 0.182. The summed E-state index contributed by atoms with van der Waals surface area (Å²) in [6.45, 7) is 1.98. The summed E-state index contributed by atoms with van der Waals surface area (Å²) in [4.78, 5) is 4.40. The lowest BCUT2D eigenvalue weighted by Gasteiger charge is -2.14. The molecule has 0 aliphatic heterocycles. The molecule has 150 valence electrons. The van der Waals surface area contributed by atoms with E-state index in [-0.39, 0.29) is 12.4 Å². The minimum absolute atomic E-state index is 0. The van der Waals surface area contributed by atoms with E-state index in [0.29, 0.717) is 17.2 Å². The van der Waals surface area contributed by atoms with Crippen LogP contribution in [0, 0.1) is 6.92 Å². The van der Waals surface area contributed by atoms with Crippen LogP contribution in [-0.4, -0.2) is 36.1 Å². The molecule has 7 heteroatoms. The Morgan fingerprint density at radius 2 is 1.48 bits per heavy atom. The number of fused-ring (bicyclic) bond motifs is 1. The zero-order chi connectivity index (χ0) is 19.7. The topological polar surface area (TPSA) is 58.4 Å². The second-order valence-corrected chi connectivity index (χ2v) is 6.40. The molecule has 2 aromatic carbocycles. The molecule has 0 saturated carbocycles. The molecule has 4 rings (SSSR count). The fourth-order valence-corrected chi connectivity index (χ4v) is 3.23. The Morgan fingerprint density at radius 3 is 2.07 bits per heavy atom. The molecule has 0 bridgehead atoms. The zero-order valence-corrected chi connectivity index (χ0v) is 17.5. The van der Waals surface area contributed by atoms with Gasteiger partial charge in [0.25, 0.3) is 0 Å². The zero-order valence-electron chi connectivity index (χ0n) is 16.7. The molecule has 0 unspecified atom stereocenters. The van der Waals surface area contributed by atoms with Gasteiger partial charge >= 0.3 is 0 Å². The Bertz CT molecular complexity index is 1110. The average molecular weight is 412 g/mol. The molecule has 0 N–H and O–H groups in total. The van der Waals surface area contributed by atoms with Crippen molar-refractivity contribution in [2.45, 2.75) is 6.92 Å². The van der Waals surface area contributed by atoms with Gasteiger partial charge in [-0.25, -0.2) is 4.68 Å². The number of hydrogen-bond acceptors (Lipinski definition) is 5. The molecule has 0 saturated heterocycles. The van der Waals surface area contributed by atoms with Crippen molar-refractivity contribution < 1.29 is 14.2 Å². The number of aryl methyl sites for hydroxylation is 1. The van der Waals surface area contributed by atoms with Gasteiger partial charge in [-0.2, -0.15) is 5.10 Å². The third-order valence-electron chi connectivity index (χ3n) is 4.71. The second kappa shape index (κ2) is 8.41. The van der Waals surface area contributed by atoms with Crippen molar-refractivity contribution in [3.63, 3.8) is 0 Å². The standard InChI is InChI=1S/C22H21N3O3.ClH/c1-14-5-6-16(12-23-14)15-7-8-17-13-24-25(19(17)9-15)18-10-20(26-2)22(28-4)21(11-18)27-3;/h5-13H,1-4H3;1H. The van der Waals surface area contributed by atoms with E-state index in [1.807, 2.05) is 42.2 Å². The lowest BCUT2D eigenvalue weighted by molar-refractivity contribution is 0.324. The number of hydrogen-bond donors (Lipinski definition) is 0. The van der Waals surface area contributed by atoms with Gasteiger partial charge in [0.1, 0.15) is 0 Å². The summed E-state index contributed by atoms with van der Waals surface area (Å²) < 4.78 is 18.2. The van der Waals surface area contributed by atoms with E-state index < -0.39 is 0 Å². The number of aromatic nitrogens is 3. The largest absolute Gasteiger partial charge is 0.493 e. The van der Waals surface area contributed by atoms with Gasteiger partial charge < -0.3 is 14.2 Å². The third kappa shape index (κ3) is 3.71. The molecular formula is C22H22ClN3O3. The van der Waals surface area contributed by atoms with Crippen LogP contribution in [0.2, 0.25) is 0 Å². The van der Waals surface area contributed by atoms with Crippen molar-refractivity contribution in [3.05, 3.63) is 60.6 Å². The third-order valence-corrected chi connectivity index (χ3v) is 4.71. The molecule has 0 fully saturated rings. The first-order valence-electron chi connectivity index (χ1n) is 8.86. The minimum Gasteiger partial charge on any atom is -0.493 e. The van der Waals surface area contributed by atoms with Crippen LogP contribution < -0.4 is 14.2 Å². The van der Waals surface area contributed by atoms with Crippen molar-refractivity contribution >= 4 is 23.3 Å². The van der Waals surface area contributed by atoms with Gasteiger partial charge in [-0.1, -0.05) is 18.2 Å². The molecule has 29 heavy (non-hydrogen) atoms. The van der Waals surface area contributed by atoms with E-state index in [4.69, 9.17) is 14.2 Å². The van der Waals surface area contributed by atoms with E-state index >= 15 is 0 Å². The fourth-order valence-electron chi connectivity index (χ4n) is 3.23. The summed E-state index contributed by atoms with van der Waals surface area (Å²) in [7, 11) is 4.79. The number of nitrogens with zero attached hydrogens (tertiary/aromatic N) is 3. The molecule has 0 atom stereocenters. The highest BCUT2D eigenvalue weighted by Crippen LogP contribution is 2.39. The number of halogens is 1. The average Bonchev–Trinajstić information content (AvgIpc) is 3.16.